The molecule has 0 N–H and O–H groups in total. The topological polar surface area (TPSA) is 70.4 Å². The van der Waals surface area contributed by atoms with Crippen molar-refractivity contribution in [1.82, 2.24) is 4.90 Å². The third-order valence-electron chi connectivity index (χ3n) is 2.91. The van der Waals surface area contributed by atoms with E-state index in [-0.39, 0.29) is 31.3 Å². The molecule has 1 amide bonds. The molecule has 1 aromatic carbocycles. The Balaban J connectivity index is 2.61. The van der Waals surface area contributed by atoms with Crippen LogP contribution in [0, 0.1) is 11.3 Å². The van der Waals surface area contributed by atoms with Gasteiger partial charge in [-0.3, -0.25) is 9.59 Å². The van der Waals surface area contributed by atoms with Crippen molar-refractivity contribution in [3.8, 4) is 6.07 Å². The summed E-state index contributed by atoms with van der Waals surface area (Å²) in [5.74, 6) is -0.562. The number of carbonyl (C=O) groups excluding carboxylic acids is 2. The maximum Gasteiger partial charge on any atom is 0.307 e. The predicted octanol–water partition coefficient (Wildman–Crippen LogP) is 2.40. The molecule has 116 valence electrons. The average molecular weight is 300 g/mol. The van der Waals surface area contributed by atoms with Gasteiger partial charge in [-0.25, -0.2) is 0 Å². The third kappa shape index (κ3) is 6.71. The summed E-state index contributed by atoms with van der Waals surface area (Å²) in [6.07, 6.45) is 3.53. The van der Waals surface area contributed by atoms with E-state index in [0.29, 0.717) is 13.2 Å². The molecule has 0 aromatic heterocycles. The molecular weight excluding hydrogens is 280 g/mol. The first-order valence-corrected chi connectivity index (χ1v) is 7.22. The van der Waals surface area contributed by atoms with Gasteiger partial charge >= 0.3 is 5.97 Å². The number of carbonyl (C=O) groups is 2. The number of hydrogen-bond donors (Lipinski definition) is 0. The lowest BCUT2D eigenvalue weighted by molar-refractivity contribution is -0.143. The van der Waals surface area contributed by atoms with Crippen LogP contribution in [0.25, 0.3) is 6.08 Å². The van der Waals surface area contributed by atoms with Gasteiger partial charge in [-0.2, -0.15) is 5.26 Å². The fourth-order valence-corrected chi connectivity index (χ4v) is 1.81. The van der Waals surface area contributed by atoms with E-state index in [9.17, 15) is 9.59 Å². The fraction of sp³-hybridized carbons (Fsp3) is 0.353. The Morgan fingerprint density at radius 3 is 2.64 bits per heavy atom. The highest BCUT2D eigenvalue weighted by atomic mass is 16.5. The van der Waals surface area contributed by atoms with Crippen LogP contribution in [0.3, 0.4) is 0 Å². The van der Waals surface area contributed by atoms with E-state index in [1.54, 1.807) is 13.0 Å². The molecular formula is C17H20N2O3. The van der Waals surface area contributed by atoms with Crippen LogP contribution in [0.5, 0.6) is 0 Å². The van der Waals surface area contributed by atoms with Crippen molar-refractivity contribution in [3.63, 3.8) is 0 Å². The normalized spacial score (nSPS) is 10.2. The summed E-state index contributed by atoms with van der Waals surface area (Å²) in [5, 5.41) is 8.67. The molecule has 0 aliphatic carbocycles. The van der Waals surface area contributed by atoms with Crippen molar-refractivity contribution >= 4 is 18.0 Å². The van der Waals surface area contributed by atoms with Gasteiger partial charge in [0.1, 0.15) is 0 Å². The van der Waals surface area contributed by atoms with Gasteiger partial charge in [-0.15, -0.1) is 0 Å². The zero-order valence-electron chi connectivity index (χ0n) is 12.7. The molecule has 0 atom stereocenters. The van der Waals surface area contributed by atoms with Crippen molar-refractivity contribution in [2.24, 2.45) is 0 Å². The van der Waals surface area contributed by atoms with E-state index in [1.807, 2.05) is 36.4 Å². The maximum atomic E-state index is 12.2. The Bertz CT molecular complexity index is 547. The van der Waals surface area contributed by atoms with Gasteiger partial charge in [-0.05, 0) is 18.6 Å². The molecule has 1 rings (SSSR count). The lowest BCUT2D eigenvalue weighted by atomic mass is 10.2. The van der Waals surface area contributed by atoms with Crippen molar-refractivity contribution < 1.29 is 14.3 Å². The Morgan fingerprint density at radius 2 is 2.00 bits per heavy atom. The lowest BCUT2D eigenvalue weighted by Crippen LogP contribution is -2.32. The van der Waals surface area contributed by atoms with Crippen LogP contribution < -0.4 is 0 Å². The SMILES string of the molecule is CCOC(=O)CCN(CCC#N)C(=O)/C=C/c1ccccc1. The maximum absolute atomic E-state index is 12.2. The number of hydrogen-bond acceptors (Lipinski definition) is 4. The number of esters is 1. The Morgan fingerprint density at radius 1 is 1.27 bits per heavy atom. The first kappa shape index (κ1) is 17.4. The van der Waals surface area contributed by atoms with E-state index >= 15 is 0 Å². The molecule has 0 heterocycles. The van der Waals surface area contributed by atoms with Gasteiger partial charge in [0.15, 0.2) is 0 Å². The Hall–Kier alpha value is -2.61. The van der Waals surface area contributed by atoms with Crippen LogP contribution in [0.15, 0.2) is 36.4 Å². The molecule has 0 saturated heterocycles. The number of ether oxygens (including phenoxy) is 1. The average Bonchev–Trinajstić information content (AvgIpc) is 2.54. The van der Waals surface area contributed by atoms with Gasteiger partial charge in [0.25, 0.3) is 0 Å². The molecule has 0 aliphatic heterocycles. The minimum atomic E-state index is -0.343. The molecule has 1 aromatic rings. The van der Waals surface area contributed by atoms with E-state index in [2.05, 4.69) is 0 Å². The molecule has 0 bridgehead atoms. The monoisotopic (exact) mass is 300 g/mol. The summed E-state index contributed by atoms with van der Waals surface area (Å²) in [4.78, 5) is 25.0. The van der Waals surface area contributed by atoms with Gasteiger partial charge < -0.3 is 9.64 Å². The van der Waals surface area contributed by atoms with E-state index in [0.717, 1.165) is 5.56 Å². The molecule has 0 radical (unpaired) electrons. The van der Waals surface area contributed by atoms with Crippen molar-refractivity contribution in [3.05, 3.63) is 42.0 Å². The number of rotatable bonds is 8. The van der Waals surface area contributed by atoms with Gasteiger partial charge in [0.05, 0.1) is 25.5 Å². The minimum absolute atomic E-state index is 0.129. The van der Waals surface area contributed by atoms with Crippen LogP contribution >= 0.6 is 0 Å². The molecule has 0 unspecified atom stereocenters. The van der Waals surface area contributed by atoms with Crippen LogP contribution in [0.2, 0.25) is 0 Å². The number of nitriles is 1. The largest absolute Gasteiger partial charge is 0.466 e. The van der Waals surface area contributed by atoms with Crippen LogP contribution in [-0.2, 0) is 14.3 Å². The standard InChI is InChI=1S/C17H20N2O3/c1-2-22-17(21)11-14-19(13-6-12-18)16(20)10-9-15-7-4-3-5-8-15/h3-5,7-10H,2,6,11,13-14H2,1H3/b10-9+. The van der Waals surface area contributed by atoms with Crippen LogP contribution in [0.1, 0.15) is 25.3 Å². The zero-order chi connectivity index (χ0) is 16.2. The lowest BCUT2D eigenvalue weighted by Gasteiger charge is -2.19. The fourth-order valence-electron chi connectivity index (χ4n) is 1.81. The number of benzene rings is 1. The molecule has 0 spiro atoms. The summed E-state index contributed by atoms with van der Waals surface area (Å²) in [7, 11) is 0. The third-order valence-corrected chi connectivity index (χ3v) is 2.91. The molecule has 5 heteroatoms. The summed E-state index contributed by atoms with van der Waals surface area (Å²) in [6.45, 7) is 2.60. The first-order chi connectivity index (χ1) is 10.7. The molecule has 0 saturated carbocycles. The van der Waals surface area contributed by atoms with Crippen LogP contribution in [0.4, 0.5) is 0 Å². The summed E-state index contributed by atoms with van der Waals surface area (Å²) >= 11 is 0. The van der Waals surface area contributed by atoms with E-state index < -0.39 is 0 Å². The molecule has 22 heavy (non-hydrogen) atoms. The number of nitrogens with zero attached hydrogens (tertiary/aromatic N) is 2. The minimum Gasteiger partial charge on any atom is -0.466 e. The Labute approximate surface area is 130 Å². The van der Waals surface area contributed by atoms with Crippen molar-refractivity contribution in [2.45, 2.75) is 19.8 Å². The highest BCUT2D eigenvalue weighted by Gasteiger charge is 2.12. The Kier molecular flexibility index (Phi) is 8.06. The molecule has 0 fully saturated rings. The van der Waals surface area contributed by atoms with Crippen molar-refractivity contribution in [1.29, 1.82) is 5.26 Å². The smallest absolute Gasteiger partial charge is 0.307 e. The van der Waals surface area contributed by atoms with Gasteiger partial charge in [0, 0.05) is 19.2 Å². The second-order valence-electron chi connectivity index (χ2n) is 4.53. The van der Waals surface area contributed by atoms with Crippen molar-refractivity contribution in [2.75, 3.05) is 19.7 Å². The summed E-state index contributed by atoms with van der Waals surface area (Å²) < 4.78 is 4.85. The summed E-state index contributed by atoms with van der Waals surface area (Å²) in [6, 6.07) is 11.5. The second kappa shape index (κ2) is 10.2. The predicted molar refractivity (Wildman–Crippen MR) is 83.5 cm³/mol. The zero-order valence-corrected chi connectivity index (χ0v) is 12.7. The second-order valence-corrected chi connectivity index (χ2v) is 4.53. The van der Waals surface area contributed by atoms with E-state index in [4.69, 9.17) is 10.00 Å². The van der Waals surface area contributed by atoms with Gasteiger partial charge in [-0.1, -0.05) is 30.3 Å². The molecule has 5 nitrogen and oxygen atoms in total. The highest BCUT2D eigenvalue weighted by molar-refractivity contribution is 5.92. The highest BCUT2D eigenvalue weighted by Crippen LogP contribution is 2.04. The molecule has 0 aliphatic rings. The van der Waals surface area contributed by atoms with Gasteiger partial charge in [0.2, 0.25) is 5.91 Å². The van der Waals surface area contributed by atoms with Crippen LogP contribution in [-0.4, -0.2) is 36.5 Å². The quantitative estimate of drug-likeness (QED) is 0.546. The van der Waals surface area contributed by atoms with E-state index in [1.165, 1.54) is 11.0 Å². The summed E-state index contributed by atoms with van der Waals surface area (Å²) in [5.41, 5.74) is 0.918. The number of amides is 1. The first-order valence-electron chi connectivity index (χ1n) is 7.22.